The summed E-state index contributed by atoms with van der Waals surface area (Å²) in [4.78, 5) is 13.1. The third kappa shape index (κ3) is 4.57. The van der Waals surface area contributed by atoms with Crippen LogP contribution in [0.1, 0.15) is 39.5 Å². The molecule has 0 aliphatic heterocycles. The van der Waals surface area contributed by atoms with Crippen LogP contribution in [0.3, 0.4) is 0 Å². The molecule has 3 N–H and O–H groups in total. The molecule has 2 unspecified atom stereocenters. The second-order valence-electron chi connectivity index (χ2n) is 6.14. The van der Waals surface area contributed by atoms with Gasteiger partial charge in [-0.05, 0) is 52.6 Å². The summed E-state index contributed by atoms with van der Waals surface area (Å²) in [6.45, 7) is 2.90. The third-order valence-corrected chi connectivity index (χ3v) is 4.58. The van der Waals surface area contributed by atoms with Gasteiger partial charge < -0.3 is 11.1 Å². The van der Waals surface area contributed by atoms with E-state index in [2.05, 4.69) is 5.32 Å². The molecule has 0 radical (unpaired) electrons. The molecule has 1 aliphatic carbocycles. The van der Waals surface area contributed by atoms with E-state index in [1.165, 1.54) is 4.90 Å². The van der Waals surface area contributed by atoms with Crippen LogP contribution in [-0.2, 0) is 4.79 Å². The lowest BCUT2D eigenvalue weighted by Crippen LogP contribution is -2.57. The Morgan fingerprint density at radius 2 is 2.10 bits per heavy atom. The molecule has 0 heterocycles. The summed E-state index contributed by atoms with van der Waals surface area (Å²) in [5, 5.41) is 3.01. The predicted octanol–water partition coefficient (Wildman–Crippen LogP) is 1.89. The molecule has 1 saturated carbocycles. The lowest BCUT2D eigenvalue weighted by molar-refractivity contribution is -0.150. The number of alkyl halides is 3. The van der Waals surface area contributed by atoms with Gasteiger partial charge in [0.05, 0.1) is 6.54 Å². The zero-order valence-electron chi connectivity index (χ0n) is 13.0. The van der Waals surface area contributed by atoms with Crippen molar-refractivity contribution in [2.24, 2.45) is 11.7 Å². The number of halogens is 3. The molecule has 1 aliphatic rings. The highest BCUT2D eigenvalue weighted by Gasteiger charge is 2.46. The van der Waals surface area contributed by atoms with E-state index in [1.807, 2.05) is 0 Å². The Morgan fingerprint density at radius 1 is 1.48 bits per heavy atom. The number of nitrogens with zero attached hydrogens (tertiary/aromatic N) is 1. The second kappa shape index (κ2) is 6.96. The molecule has 0 bridgehead atoms. The second-order valence-corrected chi connectivity index (χ2v) is 6.14. The van der Waals surface area contributed by atoms with Crippen molar-refractivity contribution in [2.75, 3.05) is 20.1 Å². The summed E-state index contributed by atoms with van der Waals surface area (Å²) in [7, 11) is 1.69. The summed E-state index contributed by atoms with van der Waals surface area (Å²) in [6, 6.07) is -0.189. The van der Waals surface area contributed by atoms with Gasteiger partial charge in [0, 0.05) is 6.04 Å². The molecular formula is C14H26F3N3O. The molecule has 0 aromatic heterocycles. The van der Waals surface area contributed by atoms with Gasteiger partial charge in [-0.25, -0.2) is 0 Å². The van der Waals surface area contributed by atoms with Crippen LogP contribution in [0.2, 0.25) is 0 Å². The van der Waals surface area contributed by atoms with E-state index in [-0.39, 0.29) is 12.0 Å². The summed E-state index contributed by atoms with van der Waals surface area (Å²) in [6.07, 6.45) is -1.32. The fraction of sp³-hybridized carbons (Fsp3) is 0.929. The number of carbonyl (C=O) groups excluding carboxylic acids is 1. The van der Waals surface area contributed by atoms with E-state index in [9.17, 15) is 18.0 Å². The molecule has 1 amide bonds. The van der Waals surface area contributed by atoms with Crippen LogP contribution in [0, 0.1) is 5.92 Å². The molecule has 0 aromatic rings. The van der Waals surface area contributed by atoms with Crippen LogP contribution in [-0.4, -0.2) is 48.7 Å². The fourth-order valence-corrected chi connectivity index (χ4v) is 3.32. The van der Waals surface area contributed by atoms with E-state index in [4.69, 9.17) is 5.73 Å². The Labute approximate surface area is 124 Å². The summed E-state index contributed by atoms with van der Waals surface area (Å²) in [5.41, 5.74) is 4.74. The minimum atomic E-state index is -4.20. The number of likely N-dealkylation sites (N-methyl/N-ethyl adjacent to an activating group) is 1. The van der Waals surface area contributed by atoms with E-state index in [1.54, 1.807) is 20.9 Å². The van der Waals surface area contributed by atoms with Crippen LogP contribution >= 0.6 is 0 Å². The third-order valence-electron chi connectivity index (χ3n) is 4.58. The van der Waals surface area contributed by atoms with E-state index in [0.29, 0.717) is 19.4 Å². The Balaban J connectivity index is 2.69. The van der Waals surface area contributed by atoms with Gasteiger partial charge in [0.2, 0.25) is 5.91 Å². The zero-order chi connectivity index (χ0) is 16.3. The normalized spacial score (nSPS) is 26.8. The van der Waals surface area contributed by atoms with Gasteiger partial charge >= 0.3 is 6.18 Å². The minimum absolute atomic E-state index is 0.00511. The highest BCUT2D eigenvalue weighted by atomic mass is 19.4. The maximum Gasteiger partial charge on any atom is 0.401 e. The van der Waals surface area contributed by atoms with Crippen molar-refractivity contribution in [1.29, 1.82) is 0 Å². The minimum Gasteiger partial charge on any atom is -0.368 e. The molecule has 0 aromatic carbocycles. The van der Waals surface area contributed by atoms with Crippen molar-refractivity contribution in [3.05, 3.63) is 0 Å². The maximum atomic E-state index is 12.6. The van der Waals surface area contributed by atoms with Crippen LogP contribution in [0.5, 0.6) is 0 Å². The van der Waals surface area contributed by atoms with Crippen LogP contribution < -0.4 is 11.1 Å². The molecule has 7 heteroatoms. The first-order valence-corrected chi connectivity index (χ1v) is 7.42. The molecule has 0 spiro atoms. The van der Waals surface area contributed by atoms with Crippen LogP contribution in [0.4, 0.5) is 13.2 Å². The van der Waals surface area contributed by atoms with Gasteiger partial charge in [0.15, 0.2) is 0 Å². The fourth-order valence-electron chi connectivity index (χ4n) is 3.32. The van der Waals surface area contributed by atoms with Crippen molar-refractivity contribution in [2.45, 2.75) is 57.3 Å². The van der Waals surface area contributed by atoms with E-state index in [0.717, 1.165) is 12.8 Å². The van der Waals surface area contributed by atoms with Crippen LogP contribution in [0.25, 0.3) is 0 Å². The lowest BCUT2D eigenvalue weighted by atomic mass is 9.84. The van der Waals surface area contributed by atoms with Gasteiger partial charge in [-0.2, -0.15) is 13.2 Å². The summed E-state index contributed by atoms with van der Waals surface area (Å²) < 4.78 is 37.8. The number of nitrogens with one attached hydrogen (secondary N) is 1. The summed E-state index contributed by atoms with van der Waals surface area (Å²) in [5.74, 6) is -0.408. The SMILES string of the molecule is CNC1(C(N)=O)CCCC1CCN(CC(F)(F)F)C(C)C. The molecule has 2 atom stereocenters. The number of rotatable bonds is 7. The van der Waals surface area contributed by atoms with Gasteiger partial charge in [0.1, 0.15) is 5.54 Å². The van der Waals surface area contributed by atoms with Crippen molar-refractivity contribution in [1.82, 2.24) is 10.2 Å². The van der Waals surface area contributed by atoms with Crippen molar-refractivity contribution >= 4 is 5.91 Å². The Bertz CT molecular complexity index is 360. The molecule has 0 saturated heterocycles. The average molecular weight is 309 g/mol. The molecule has 1 fully saturated rings. The number of nitrogens with two attached hydrogens (primary N) is 1. The quantitative estimate of drug-likeness (QED) is 0.755. The monoisotopic (exact) mass is 309 g/mol. The van der Waals surface area contributed by atoms with Gasteiger partial charge in [-0.3, -0.25) is 9.69 Å². The van der Waals surface area contributed by atoms with Crippen molar-refractivity contribution in [3.8, 4) is 0 Å². The predicted molar refractivity (Wildman–Crippen MR) is 75.7 cm³/mol. The number of primary amides is 1. The van der Waals surface area contributed by atoms with Crippen molar-refractivity contribution < 1.29 is 18.0 Å². The van der Waals surface area contributed by atoms with Gasteiger partial charge in [0.25, 0.3) is 0 Å². The average Bonchev–Trinajstić information content (AvgIpc) is 2.76. The first-order chi connectivity index (χ1) is 9.62. The number of hydrogen-bond acceptors (Lipinski definition) is 3. The first kappa shape index (κ1) is 18.2. The Kier molecular flexibility index (Phi) is 6.04. The highest BCUT2D eigenvalue weighted by molar-refractivity contribution is 5.85. The van der Waals surface area contributed by atoms with Gasteiger partial charge in [-0.1, -0.05) is 6.42 Å². The topological polar surface area (TPSA) is 58.4 Å². The van der Waals surface area contributed by atoms with E-state index >= 15 is 0 Å². The standard InChI is InChI=1S/C14H26F3N3O/c1-10(2)20(9-14(15,16)17)8-6-11-5-4-7-13(11,19-3)12(18)21/h10-11,19H,4-9H2,1-3H3,(H2,18,21). The Morgan fingerprint density at radius 3 is 2.52 bits per heavy atom. The molecule has 1 rings (SSSR count). The number of amides is 1. The van der Waals surface area contributed by atoms with Crippen molar-refractivity contribution in [3.63, 3.8) is 0 Å². The number of hydrogen-bond donors (Lipinski definition) is 2. The van der Waals surface area contributed by atoms with Gasteiger partial charge in [-0.15, -0.1) is 0 Å². The number of carbonyl (C=O) groups is 1. The maximum absolute atomic E-state index is 12.6. The molecule has 21 heavy (non-hydrogen) atoms. The first-order valence-electron chi connectivity index (χ1n) is 7.42. The Hall–Kier alpha value is -0.820. The molecule has 124 valence electrons. The van der Waals surface area contributed by atoms with E-state index < -0.39 is 24.2 Å². The molecular weight excluding hydrogens is 283 g/mol. The summed E-state index contributed by atoms with van der Waals surface area (Å²) >= 11 is 0. The molecule has 4 nitrogen and oxygen atoms in total. The zero-order valence-corrected chi connectivity index (χ0v) is 13.0. The largest absolute Gasteiger partial charge is 0.401 e. The smallest absolute Gasteiger partial charge is 0.368 e. The van der Waals surface area contributed by atoms with Crippen LogP contribution in [0.15, 0.2) is 0 Å². The lowest BCUT2D eigenvalue weighted by Gasteiger charge is -2.35. The highest BCUT2D eigenvalue weighted by Crippen LogP contribution is 2.38.